The maximum Gasteiger partial charge on any atom is 0.190 e. The molecule has 1 aromatic carbocycles. The van der Waals surface area contributed by atoms with Crippen molar-refractivity contribution >= 4 is 5.78 Å². The van der Waals surface area contributed by atoms with Crippen LogP contribution in [0.2, 0.25) is 0 Å². The predicted octanol–water partition coefficient (Wildman–Crippen LogP) is 1.27. The van der Waals surface area contributed by atoms with E-state index < -0.39 is 72.8 Å². The minimum absolute atomic E-state index is 0.123. The third-order valence-corrected chi connectivity index (χ3v) is 7.16. The van der Waals surface area contributed by atoms with E-state index in [1.54, 1.807) is 27.7 Å². The molecule has 5 fully saturated rings. The second kappa shape index (κ2) is 8.54. The molecule has 5 aliphatic heterocycles. The zero-order chi connectivity index (χ0) is 24.5. The minimum atomic E-state index is -1.28. The monoisotopic (exact) mass is 492 g/mol. The Bertz CT molecular complexity index is 951. The van der Waals surface area contributed by atoms with Crippen molar-refractivity contribution in [2.45, 2.75) is 101 Å². The summed E-state index contributed by atoms with van der Waals surface area (Å²) in [4.78, 5) is 13.4. The Hall–Kier alpha value is -1.47. The molecular formula is C25H32O10. The Balaban J connectivity index is 1.28. The van der Waals surface area contributed by atoms with Crippen LogP contribution in [0.15, 0.2) is 30.3 Å². The van der Waals surface area contributed by atoms with Crippen molar-refractivity contribution in [3.63, 3.8) is 0 Å². The molecule has 0 aliphatic carbocycles. The first-order chi connectivity index (χ1) is 16.6. The summed E-state index contributed by atoms with van der Waals surface area (Å²) in [5.74, 6) is -3.05. The number of carbonyl (C=O) groups excluding carboxylic acids is 1. The van der Waals surface area contributed by atoms with Crippen LogP contribution in [0.5, 0.6) is 0 Å². The molecule has 5 heterocycles. The van der Waals surface area contributed by atoms with Gasteiger partial charge in [0.1, 0.15) is 36.6 Å². The zero-order valence-electron chi connectivity index (χ0n) is 20.2. The average Bonchev–Trinajstić information content (AvgIpc) is 3.47. The topological polar surface area (TPSA) is 111 Å². The lowest BCUT2D eigenvalue weighted by Crippen LogP contribution is -2.63. The number of aliphatic hydroxyl groups is 1. The molecule has 0 unspecified atom stereocenters. The fourth-order valence-electron chi connectivity index (χ4n) is 5.72. The summed E-state index contributed by atoms with van der Waals surface area (Å²) >= 11 is 0. The fraction of sp³-hybridized carbons (Fsp3) is 0.720. The van der Waals surface area contributed by atoms with E-state index in [1.807, 2.05) is 30.3 Å². The molecule has 192 valence electrons. The average molecular weight is 493 g/mol. The molecular weight excluding hydrogens is 460 g/mol. The molecule has 10 atom stereocenters. The van der Waals surface area contributed by atoms with Crippen LogP contribution < -0.4 is 0 Å². The molecule has 0 saturated carbocycles. The van der Waals surface area contributed by atoms with E-state index in [2.05, 4.69) is 0 Å². The van der Waals surface area contributed by atoms with Gasteiger partial charge in [0, 0.05) is 0 Å². The van der Waals surface area contributed by atoms with Crippen LogP contribution in [-0.4, -0.2) is 84.4 Å². The van der Waals surface area contributed by atoms with Crippen molar-refractivity contribution in [1.29, 1.82) is 0 Å². The Kier molecular flexibility index (Phi) is 5.83. The lowest BCUT2D eigenvalue weighted by molar-refractivity contribution is -0.270. The highest BCUT2D eigenvalue weighted by Gasteiger charge is 2.64. The van der Waals surface area contributed by atoms with E-state index in [-0.39, 0.29) is 19.0 Å². The van der Waals surface area contributed by atoms with Crippen LogP contribution in [0.1, 0.15) is 33.3 Å². The predicted molar refractivity (Wildman–Crippen MR) is 117 cm³/mol. The van der Waals surface area contributed by atoms with Gasteiger partial charge in [0.25, 0.3) is 0 Å². The van der Waals surface area contributed by atoms with Crippen LogP contribution in [-0.2, 0) is 49.3 Å². The molecule has 6 rings (SSSR count). The van der Waals surface area contributed by atoms with E-state index in [1.165, 1.54) is 0 Å². The normalized spacial score (nSPS) is 44.1. The molecule has 1 aromatic rings. The number of ether oxygens (including phenoxy) is 8. The lowest BCUT2D eigenvalue weighted by Gasteiger charge is -2.43. The zero-order valence-corrected chi connectivity index (χ0v) is 20.2. The molecule has 0 amide bonds. The summed E-state index contributed by atoms with van der Waals surface area (Å²) in [5, 5.41) is 11.7. The van der Waals surface area contributed by atoms with Gasteiger partial charge in [0.05, 0.1) is 25.2 Å². The van der Waals surface area contributed by atoms with Crippen LogP contribution in [0.4, 0.5) is 0 Å². The minimum Gasteiger partial charge on any atom is -0.389 e. The highest BCUT2D eigenvalue weighted by Crippen LogP contribution is 2.46. The van der Waals surface area contributed by atoms with Crippen LogP contribution in [0, 0.1) is 5.92 Å². The van der Waals surface area contributed by atoms with Gasteiger partial charge in [-0.15, -0.1) is 0 Å². The van der Waals surface area contributed by atoms with Crippen molar-refractivity contribution in [2.75, 3.05) is 6.61 Å². The van der Waals surface area contributed by atoms with Crippen LogP contribution in [0.3, 0.4) is 0 Å². The SMILES string of the molecule is CC1(C)O[C@@H]2[C@H](O1)[C@H]1OC(C)(C)O[C@H]1O[C@@H]2[C@H](O)[C@H]1C(=O)[C@H]2CO[C@H](O2)[C@@H]1OCc1ccccc1. The Morgan fingerprint density at radius 2 is 1.63 bits per heavy atom. The summed E-state index contributed by atoms with van der Waals surface area (Å²) in [6.07, 6.45) is -7.10. The number of ketones is 1. The molecule has 2 bridgehead atoms. The van der Waals surface area contributed by atoms with Gasteiger partial charge in [-0.05, 0) is 33.3 Å². The Morgan fingerprint density at radius 3 is 2.40 bits per heavy atom. The quantitative estimate of drug-likeness (QED) is 0.645. The van der Waals surface area contributed by atoms with Gasteiger partial charge in [0.15, 0.2) is 29.9 Å². The molecule has 5 aliphatic rings. The van der Waals surface area contributed by atoms with Crippen LogP contribution in [0.25, 0.3) is 0 Å². The number of Topliss-reactive ketones (excluding diaryl/α,β-unsaturated/α-hetero) is 1. The number of hydrogen-bond donors (Lipinski definition) is 1. The lowest BCUT2D eigenvalue weighted by atomic mass is 9.81. The summed E-state index contributed by atoms with van der Waals surface area (Å²) in [6, 6.07) is 9.59. The van der Waals surface area contributed by atoms with E-state index in [0.29, 0.717) is 0 Å². The first kappa shape index (κ1) is 23.9. The van der Waals surface area contributed by atoms with Gasteiger partial charge < -0.3 is 43.0 Å². The summed E-state index contributed by atoms with van der Waals surface area (Å²) in [7, 11) is 0. The number of hydrogen-bond acceptors (Lipinski definition) is 10. The number of carbonyl (C=O) groups is 1. The van der Waals surface area contributed by atoms with Crippen molar-refractivity contribution in [3.05, 3.63) is 35.9 Å². The largest absolute Gasteiger partial charge is 0.389 e. The van der Waals surface area contributed by atoms with Crippen molar-refractivity contribution < 1.29 is 47.8 Å². The van der Waals surface area contributed by atoms with Crippen LogP contribution >= 0.6 is 0 Å². The molecule has 1 N–H and O–H groups in total. The third kappa shape index (κ3) is 4.24. The first-order valence-corrected chi connectivity index (χ1v) is 12.1. The molecule has 10 heteroatoms. The van der Waals surface area contributed by atoms with Crippen molar-refractivity contribution in [2.24, 2.45) is 5.92 Å². The third-order valence-electron chi connectivity index (χ3n) is 7.16. The standard InChI is InChI=1S/C25H32O10/c1-24(2)32-19-18(31-23-21(20(19)33-24)34-25(3,4)35-23)16(27)14-15(26)13-11-29-22(30-13)17(14)28-10-12-8-6-5-7-9-12/h5-9,13-14,16-23,27H,10-11H2,1-4H3/t13-,14-,16-,17-,18-,19+,20+,21-,22-,23-/m1/s1. The van der Waals surface area contributed by atoms with Crippen molar-refractivity contribution in [3.8, 4) is 0 Å². The van der Waals surface area contributed by atoms with E-state index in [4.69, 9.17) is 37.9 Å². The van der Waals surface area contributed by atoms with Gasteiger partial charge >= 0.3 is 0 Å². The van der Waals surface area contributed by atoms with Gasteiger partial charge in [0.2, 0.25) is 0 Å². The highest BCUT2D eigenvalue weighted by atomic mass is 16.9. The maximum atomic E-state index is 13.4. The molecule has 35 heavy (non-hydrogen) atoms. The van der Waals surface area contributed by atoms with E-state index in [0.717, 1.165) is 5.56 Å². The summed E-state index contributed by atoms with van der Waals surface area (Å²) in [6.45, 7) is 7.53. The number of benzene rings is 1. The van der Waals surface area contributed by atoms with Crippen molar-refractivity contribution in [1.82, 2.24) is 0 Å². The Morgan fingerprint density at radius 1 is 0.943 bits per heavy atom. The van der Waals surface area contributed by atoms with Gasteiger partial charge in [-0.2, -0.15) is 0 Å². The number of fused-ring (bicyclic) bond motifs is 5. The summed E-state index contributed by atoms with van der Waals surface area (Å²) < 4.78 is 48.2. The molecule has 0 spiro atoms. The smallest absolute Gasteiger partial charge is 0.190 e. The molecule has 10 nitrogen and oxygen atoms in total. The first-order valence-electron chi connectivity index (χ1n) is 12.1. The highest BCUT2D eigenvalue weighted by molar-refractivity contribution is 5.88. The number of rotatable bonds is 5. The second-order valence-electron chi connectivity index (χ2n) is 10.6. The molecule has 5 saturated heterocycles. The van der Waals surface area contributed by atoms with Gasteiger partial charge in [-0.3, -0.25) is 4.79 Å². The van der Waals surface area contributed by atoms with E-state index in [9.17, 15) is 9.90 Å². The van der Waals surface area contributed by atoms with E-state index >= 15 is 0 Å². The Labute approximate surface area is 203 Å². The molecule has 0 aromatic heterocycles. The molecule has 0 radical (unpaired) electrons. The maximum absolute atomic E-state index is 13.4. The fourth-order valence-corrected chi connectivity index (χ4v) is 5.72. The second-order valence-corrected chi connectivity index (χ2v) is 10.6. The van der Waals surface area contributed by atoms with Gasteiger partial charge in [-0.25, -0.2) is 0 Å². The van der Waals surface area contributed by atoms with Gasteiger partial charge in [-0.1, -0.05) is 30.3 Å². The number of aliphatic hydroxyl groups excluding tert-OH is 1. The summed E-state index contributed by atoms with van der Waals surface area (Å²) in [5.41, 5.74) is 0.929.